The van der Waals surface area contributed by atoms with Crippen LogP contribution >= 0.6 is 0 Å². The molecule has 0 aliphatic carbocycles. The summed E-state index contributed by atoms with van der Waals surface area (Å²) >= 11 is 0. The summed E-state index contributed by atoms with van der Waals surface area (Å²) in [6.07, 6.45) is 1.72. The van der Waals surface area contributed by atoms with Crippen molar-refractivity contribution in [2.45, 2.75) is 33.3 Å². The van der Waals surface area contributed by atoms with E-state index >= 15 is 0 Å². The predicted octanol–water partition coefficient (Wildman–Crippen LogP) is 4.17. The van der Waals surface area contributed by atoms with E-state index in [-0.39, 0.29) is 5.91 Å². The van der Waals surface area contributed by atoms with Gasteiger partial charge in [-0.3, -0.25) is 4.79 Å². The van der Waals surface area contributed by atoms with Gasteiger partial charge in [0.15, 0.2) is 11.5 Å². The molecule has 0 spiro atoms. The van der Waals surface area contributed by atoms with Gasteiger partial charge >= 0.3 is 0 Å². The van der Waals surface area contributed by atoms with Gasteiger partial charge in [-0.1, -0.05) is 24.2 Å². The fraction of sp³-hybridized carbons (Fsp3) is 0.333. The zero-order valence-electron chi connectivity index (χ0n) is 16.2. The molecule has 0 aliphatic rings. The summed E-state index contributed by atoms with van der Waals surface area (Å²) in [6.45, 7) is 6.28. The summed E-state index contributed by atoms with van der Waals surface area (Å²) < 4.78 is 11.0. The Morgan fingerprint density at radius 2 is 2.04 bits per heavy atom. The molecule has 0 unspecified atom stereocenters. The fourth-order valence-corrected chi connectivity index (χ4v) is 2.29. The first-order valence-electron chi connectivity index (χ1n) is 8.91. The molecule has 0 saturated heterocycles. The molecule has 0 aromatic heterocycles. The molecule has 0 radical (unpaired) electrons. The number of aryl methyl sites for hydroxylation is 1. The van der Waals surface area contributed by atoms with E-state index < -0.39 is 6.10 Å². The second kappa shape index (κ2) is 10.2. The van der Waals surface area contributed by atoms with E-state index in [2.05, 4.69) is 10.5 Å². The fourth-order valence-electron chi connectivity index (χ4n) is 2.29. The highest BCUT2D eigenvalue weighted by molar-refractivity contribution is 5.94. The van der Waals surface area contributed by atoms with Crippen molar-refractivity contribution in [1.82, 2.24) is 0 Å². The van der Waals surface area contributed by atoms with Gasteiger partial charge in [-0.05, 0) is 56.2 Å². The van der Waals surface area contributed by atoms with Crippen molar-refractivity contribution in [1.29, 1.82) is 0 Å². The number of nitrogens with zero attached hydrogens (tertiary/aromatic N) is 1. The molecular weight excluding hydrogens is 344 g/mol. The van der Waals surface area contributed by atoms with Crippen LogP contribution in [0, 0.1) is 6.92 Å². The van der Waals surface area contributed by atoms with Gasteiger partial charge < -0.3 is 19.6 Å². The summed E-state index contributed by atoms with van der Waals surface area (Å²) in [7, 11) is 1.59. The number of methoxy groups -OCH3 is 1. The number of benzene rings is 2. The minimum Gasteiger partial charge on any atom is -0.493 e. The van der Waals surface area contributed by atoms with Crippen LogP contribution in [0.1, 0.15) is 31.4 Å². The molecule has 0 bridgehead atoms. The number of carbonyl (C=O) groups excluding carboxylic acids is 1. The average molecular weight is 370 g/mol. The Bertz CT molecular complexity index is 790. The zero-order chi connectivity index (χ0) is 19.6. The molecule has 0 heterocycles. The molecule has 2 aromatic carbocycles. The molecule has 0 saturated carbocycles. The highest BCUT2D eigenvalue weighted by Gasteiger charge is 2.14. The number of anilines is 1. The SMILES string of the molecule is CCCOc1ccc(/C=N\O[C@@H](C)C(=O)Nc2cccc(C)c2)cc1OC. The Morgan fingerprint density at radius 3 is 2.74 bits per heavy atom. The maximum atomic E-state index is 12.2. The number of ether oxygens (including phenoxy) is 2. The first-order valence-corrected chi connectivity index (χ1v) is 8.91. The van der Waals surface area contributed by atoms with Crippen LogP contribution in [0.15, 0.2) is 47.6 Å². The average Bonchev–Trinajstić information content (AvgIpc) is 2.66. The van der Waals surface area contributed by atoms with Crippen LogP contribution in [0.25, 0.3) is 0 Å². The number of rotatable bonds is 9. The second-order valence-electron chi connectivity index (χ2n) is 6.10. The zero-order valence-corrected chi connectivity index (χ0v) is 16.2. The molecule has 0 aliphatic heterocycles. The minimum absolute atomic E-state index is 0.265. The van der Waals surface area contributed by atoms with E-state index in [0.29, 0.717) is 18.1 Å². The molecule has 2 aromatic rings. The van der Waals surface area contributed by atoms with Crippen LogP contribution in [-0.2, 0) is 9.63 Å². The standard InChI is InChI=1S/C21H26N2O4/c1-5-11-26-19-10-9-17(13-20(19)25-4)14-22-27-16(3)21(24)23-18-8-6-7-15(2)12-18/h6-10,12-14,16H,5,11H2,1-4H3,(H,23,24)/b22-14-/t16-/m0/s1. The first-order chi connectivity index (χ1) is 13.0. The van der Waals surface area contributed by atoms with Crippen molar-refractivity contribution in [3.63, 3.8) is 0 Å². The van der Waals surface area contributed by atoms with Crippen molar-refractivity contribution in [2.24, 2.45) is 5.16 Å². The monoisotopic (exact) mass is 370 g/mol. The van der Waals surface area contributed by atoms with E-state index in [1.54, 1.807) is 20.1 Å². The third-order valence-corrected chi connectivity index (χ3v) is 3.72. The van der Waals surface area contributed by atoms with Crippen LogP contribution in [0.4, 0.5) is 5.69 Å². The predicted molar refractivity (Wildman–Crippen MR) is 107 cm³/mol. The van der Waals surface area contributed by atoms with E-state index in [9.17, 15) is 4.79 Å². The van der Waals surface area contributed by atoms with Crippen LogP contribution < -0.4 is 14.8 Å². The second-order valence-corrected chi connectivity index (χ2v) is 6.10. The lowest BCUT2D eigenvalue weighted by Gasteiger charge is -2.11. The summed E-state index contributed by atoms with van der Waals surface area (Å²) in [4.78, 5) is 17.4. The van der Waals surface area contributed by atoms with Gasteiger partial charge in [0.05, 0.1) is 19.9 Å². The van der Waals surface area contributed by atoms with Gasteiger partial charge in [0.2, 0.25) is 6.10 Å². The van der Waals surface area contributed by atoms with E-state index in [1.807, 2.05) is 50.2 Å². The van der Waals surface area contributed by atoms with Gasteiger partial charge in [-0.25, -0.2) is 0 Å². The normalized spacial score (nSPS) is 11.9. The summed E-state index contributed by atoms with van der Waals surface area (Å²) in [5.74, 6) is 1.04. The number of amides is 1. The smallest absolute Gasteiger partial charge is 0.267 e. The van der Waals surface area contributed by atoms with Crippen molar-refractivity contribution < 1.29 is 19.1 Å². The number of hydrogen-bond donors (Lipinski definition) is 1. The van der Waals surface area contributed by atoms with Crippen LogP contribution in [0.5, 0.6) is 11.5 Å². The van der Waals surface area contributed by atoms with Crippen LogP contribution in [-0.4, -0.2) is 31.9 Å². The lowest BCUT2D eigenvalue weighted by molar-refractivity contribution is -0.126. The third kappa shape index (κ3) is 6.33. The molecule has 1 amide bonds. The first kappa shape index (κ1) is 20.3. The van der Waals surface area contributed by atoms with Gasteiger partial charge in [0.1, 0.15) is 0 Å². The Labute approximate surface area is 160 Å². The van der Waals surface area contributed by atoms with Crippen molar-refractivity contribution in [3.05, 3.63) is 53.6 Å². The lowest BCUT2D eigenvalue weighted by Crippen LogP contribution is -2.26. The number of oxime groups is 1. The topological polar surface area (TPSA) is 69.2 Å². The third-order valence-electron chi connectivity index (χ3n) is 3.72. The molecule has 6 nitrogen and oxygen atoms in total. The van der Waals surface area contributed by atoms with Crippen molar-refractivity contribution in [2.75, 3.05) is 19.0 Å². The quantitative estimate of drug-likeness (QED) is 0.531. The number of nitrogens with one attached hydrogen (secondary N) is 1. The molecule has 6 heteroatoms. The lowest BCUT2D eigenvalue weighted by atomic mass is 10.2. The van der Waals surface area contributed by atoms with Gasteiger partial charge in [0, 0.05) is 11.3 Å². The van der Waals surface area contributed by atoms with E-state index in [1.165, 1.54) is 6.21 Å². The van der Waals surface area contributed by atoms with Crippen LogP contribution in [0.2, 0.25) is 0 Å². The number of carbonyl (C=O) groups is 1. The molecule has 27 heavy (non-hydrogen) atoms. The van der Waals surface area contributed by atoms with Crippen molar-refractivity contribution >= 4 is 17.8 Å². The van der Waals surface area contributed by atoms with Gasteiger partial charge in [-0.2, -0.15) is 0 Å². The van der Waals surface area contributed by atoms with Crippen LogP contribution in [0.3, 0.4) is 0 Å². The molecule has 0 fully saturated rings. The summed E-state index contributed by atoms with van der Waals surface area (Å²) in [5, 5.41) is 6.71. The van der Waals surface area contributed by atoms with Crippen molar-refractivity contribution in [3.8, 4) is 11.5 Å². The van der Waals surface area contributed by atoms with Gasteiger partial charge in [-0.15, -0.1) is 0 Å². The Morgan fingerprint density at radius 1 is 1.22 bits per heavy atom. The largest absolute Gasteiger partial charge is 0.493 e. The molecule has 1 atom stereocenters. The van der Waals surface area contributed by atoms with E-state index in [4.69, 9.17) is 14.3 Å². The summed E-state index contributed by atoms with van der Waals surface area (Å²) in [5.41, 5.74) is 2.58. The van der Waals surface area contributed by atoms with E-state index in [0.717, 1.165) is 23.2 Å². The molecule has 1 N–H and O–H groups in total. The summed E-state index contributed by atoms with van der Waals surface area (Å²) in [6, 6.07) is 13.0. The maximum absolute atomic E-state index is 12.2. The highest BCUT2D eigenvalue weighted by atomic mass is 16.6. The van der Waals surface area contributed by atoms with Gasteiger partial charge in [0.25, 0.3) is 5.91 Å². The molecule has 144 valence electrons. The Hall–Kier alpha value is -3.02. The Kier molecular flexibility index (Phi) is 7.67. The highest BCUT2D eigenvalue weighted by Crippen LogP contribution is 2.27. The number of hydrogen-bond acceptors (Lipinski definition) is 5. The molecular formula is C21H26N2O4. The minimum atomic E-state index is -0.726. The molecule has 2 rings (SSSR count). The maximum Gasteiger partial charge on any atom is 0.267 e. The Balaban J connectivity index is 1.92.